The predicted octanol–water partition coefficient (Wildman–Crippen LogP) is 2.72. The number of hydrogen-bond donors (Lipinski definition) is 0. The summed E-state index contributed by atoms with van der Waals surface area (Å²) in [5.74, 6) is -5.83. The molecular weight excluding hydrogens is 311 g/mol. The Bertz CT molecular complexity index is 617. The first kappa shape index (κ1) is 16.3. The van der Waals surface area contributed by atoms with Crippen molar-refractivity contribution in [1.29, 1.82) is 0 Å². The lowest BCUT2D eigenvalue weighted by atomic mass is 9.90. The highest BCUT2D eigenvalue weighted by molar-refractivity contribution is 5.94. The number of carbonyl (C=O) groups excluding carboxylic acids is 1. The minimum Gasteiger partial charge on any atom is -0.347 e. The van der Waals surface area contributed by atoms with Gasteiger partial charge in [0.1, 0.15) is 0 Å². The fourth-order valence-corrected chi connectivity index (χ4v) is 3.22. The number of nitrogens with zero attached hydrogens (tertiary/aromatic N) is 1. The molecule has 0 bridgehead atoms. The number of halogens is 3. The van der Waals surface area contributed by atoms with Crippen molar-refractivity contribution >= 4 is 5.91 Å². The van der Waals surface area contributed by atoms with Crippen LogP contribution in [-0.4, -0.2) is 42.9 Å². The Morgan fingerprint density at radius 3 is 2.61 bits per heavy atom. The van der Waals surface area contributed by atoms with Gasteiger partial charge in [-0.15, -0.1) is 0 Å². The van der Waals surface area contributed by atoms with Crippen LogP contribution in [0.1, 0.15) is 30.1 Å². The maximum absolute atomic E-state index is 13.8. The Labute approximate surface area is 132 Å². The monoisotopic (exact) mass is 329 g/mol. The van der Waals surface area contributed by atoms with Crippen LogP contribution in [0.3, 0.4) is 0 Å². The van der Waals surface area contributed by atoms with E-state index < -0.39 is 34.7 Å². The number of amides is 1. The lowest BCUT2D eigenvalue weighted by Gasteiger charge is -2.40. The molecule has 23 heavy (non-hydrogen) atoms. The molecule has 2 heterocycles. The van der Waals surface area contributed by atoms with Crippen molar-refractivity contribution in [3.05, 3.63) is 35.1 Å². The molecule has 126 valence electrons. The molecule has 0 aliphatic carbocycles. The van der Waals surface area contributed by atoms with Gasteiger partial charge < -0.3 is 14.4 Å². The van der Waals surface area contributed by atoms with Gasteiger partial charge in [-0.2, -0.15) is 0 Å². The van der Waals surface area contributed by atoms with Crippen molar-refractivity contribution in [1.82, 2.24) is 4.90 Å². The molecule has 0 aromatic heterocycles. The first-order chi connectivity index (χ1) is 10.9. The Morgan fingerprint density at radius 1 is 1.22 bits per heavy atom. The van der Waals surface area contributed by atoms with E-state index in [0.717, 1.165) is 18.6 Å². The third kappa shape index (κ3) is 2.95. The lowest BCUT2D eigenvalue weighted by molar-refractivity contribution is -0.189. The second kappa shape index (κ2) is 6.13. The highest BCUT2D eigenvalue weighted by Gasteiger charge is 2.42. The summed E-state index contributed by atoms with van der Waals surface area (Å²) < 4.78 is 51.4. The molecule has 2 aliphatic heterocycles. The summed E-state index contributed by atoms with van der Waals surface area (Å²) in [7, 11) is 0. The number of benzene rings is 1. The van der Waals surface area contributed by atoms with Crippen LogP contribution in [0, 0.1) is 23.4 Å². The van der Waals surface area contributed by atoms with Gasteiger partial charge in [0.15, 0.2) is 23.2 Å². The van der Waals surface area contributed by atoms with Crippen molar-refractivity contribution in [2.45, 2.75) is 25.6 Å². The molecule has 0 spiro atoms. The molecule has 2 fully saturated rings. The van der Waals surface area contributed by atoms with E-state index in [1.807, 2.05) is 6.92 Å². The Kier molecular flexibility index (Phi) is 4.33. The van der Waals surface area contributed by atoms with Gasteiger partial charge in [-0.3, -0.25) is 4.79 Å². The van der Waals surface area contributed by atoms with E-state index in [0.29, 0.717) is 32.7 Å². The maximum Gasteiger partial charge on any atom is 0.256 e. The molecule has 1 aromatic carbocycles. The smallest absolute Gasteiger partial charge is 0.256 e. The first-order valence-electron chi connectivity index (χ1n) is 7.63. The first-order valence-corrected chi connectivity index (χ1v) is 7.63. The van der Waals surface area contributed by atoms with Gasteiger partial charge in [0, 0.05) is 19.0 Å². The van der Waals surface area contributed by atoms with Gasteiger partial charge in [-0.25, -0.2) is 13.2 Å². The third-order valence-electron chi connectivity index (χ3n) is 4.58. The SMILES string of the molecule is CC1([C@H]2CCCN(C(=O)c3ccc(F)c(F)c3F)C2)OCCO1. The van der Waals surface area contributed by atoms with Crippen LogP contribution in [0.4, 0.5) is 13.2 Å². The van der Waals surface area contributed by atoms with Crippen LogP contribution < -0.4 is 0 Å². The van der Waals surface area contributed by atoms with Crippen LogP contribution in [0.25, 0.3) is 0 Å². The van der Waals surface area contributed by atoms with E-state index in [9.17, 15) is 18.0 Å². The number of carbonyl (C=O) groups is 1. The van der Waals surface area contributed by atoms with Gasteiger partial charge in [-0.05, 0) is 31.9 Å². The topological polar surface area (TPSA) is 38.8 Å². The Balaban J connectivity index is 1.79. The zero-order valence-electron chi connectivity index (χ0n) is 12.8. The summed E-state index contributed by atoms with van der Waals surface area (Å²) in [6.07, 6.45) is 1.53. The minimum absolute atomic E-state index is 0.0453. The summed E-state index contributed by atoms with van der Waals surface area (Å²) in [5.41, 5.74) is -0.456. The van der Waals surface area contributed by atoms with E-state index in [2.05, 4.69) is 0 Å². The summed E-state index contributed by atoms with van der Waals surface area (Å²) >= 11 is 0. The number of piperidine rings is 1. The van der Waals surface area contributed by atoms with Gasteiger partial charge in [0.25, 0.3) is 5.91 Å². The molecule has 0 unspecified atom stereocenters. The van der Waals surface area contributed by atoms with Gasteiger partial charge >= 0.3 is 0 Å². The highest BCUT2D eigenvalue weighted by Crippen LogP contribution is 2.34. The molecule has 1 atom stereocenters. The quantitative estimate of drug-likeness (QED) is 0.783. The fourth-order valence-electron chi connectivity index (χ4n) is 3.22. The van der Waals surface area contributed by atoms with Gasteiger partial charge in [0.05, 0.1) is 18.8 Å². The van der Waals surface area contributed by atoms with Crippen LogP contribution in [0.15, 0.2) is 12.1 Å². The number of ether oxygens (including phenoxy) is 2. The average molecular weight is 329 g/mol. The van der Waals surface area contributed by atoms with Gasteiger partial charge in [-0.1, -0.05) is 0 Å². The van der Waals surface area contributed by atoms with E-state index in [1.54, 1.807) is 0 Å². The molecule has 0 N–H and O–H groups in total. The molecule has 3 rings (SSSR count). The number of rotatable bonds is 2. The van der Waals surface area contributed by atoms with Crippen molar-refractivity contribution in [3.8, 4) is 0 Å². The molecule has 1 aromatic rings. The molecule has 0 radical (unpaired) electrons. The van der Waals surface area contributed by atoms with E-state index in [-0.39, 0.29) is 5.92 Å². The largest absolute Gasteiger partial charge is 0.347 e. The number of likely N-dealkylation sites (tertiary alicyclic amines) is 1. The van der Waals surface area contributed by atoms with Crippen LogP contribution in [0.5, 0.6) is 0 Å². The average Bonchev–Trinajstić information content (AvgIpc) is 3.00. The predicted molar refractivity (Wildman–Crippen MR) is 75.3 cm³/mol. The lowest BCUT2D eigenvalue weighted by Crippen LogP contribution is -2.48. The molecule has 1 amide bonds. The summed E-state index contributed by atoms with van der Waals surface area (Å²) in [6.45, 7) is 3.59. The summed E-state index contributed by atoms with van der Waals surface area (Å²) in [4.78, 5) is 13.9. The highest BCUT2D eigenvalue weighted by atomic mass is 19.2. The van der Waals surface area contributed by atoms with E-state index in [1.165, 1.54) is 4.90 Å². The second-order valence-electron chi connectivity index (χ2n) is 6.03. The molecule has 2 saturated heterocycles. The van der Waals surface area contributed by atoms with Crippen LogP contribution >= 0.6 is 0 Å². The van der Waals surface area contributed by atoms with Crippen LogP contribution in [-0.2, 0) is 9.47 Å². The molecule has 7 heteroatoms. The number of hydrogen-bond acceptors (Lipinski definition) is 3. The third-order valence-corrected chi connectivity index (χ3v) is 4.58. The fraction of sp³-hybridized carbons (Fsp3) is 0.562. The van der Waals surface area contributed by atoms with Crippen molar-refractivity contribution in [2.75, 3.05) is 26.3 Å². The second-order valence-corrected chi connectivity index (χ2v) is 6.03. The summed E-state index contributed by atoms with van der Waals surface area (Å²) in [5, 5.41) is 0. The Hall–Kier alpha value is -1.60. The van der Waals surface area contributed by atoms with E-state index >= 15 is 0 Å². The van der Waals surface area contributed by atoms with E-state index in [4.69, 9.17) is 9.47 Å². The zero-order valence-corrected chi connectivity index (χ0v) is 12.8. The molecule has 4 nitrogen and oxygen atoms in total. The standard InChI is InChI=1S/C16H18F3NO3/c1-16(22-7-8-23-16)10-3-2-6-20(9-10)15(21)11-4-5-12(17)14(19)13(11)18/h4-5,10H,2-3,6-9H2,1H3/t10-/m0/s1. The minimum atomic E-state index is -1.63. The van der Waals surface area contributed by atoms with Crippen LogP contribution in [0.2, 0.25) is 0 Å². The molecule has 0 saturated carbocycles. The zero-order chi connectivity index (χ0) is 16.6. The van der Waals surface area contributed by atoms with Crippen molar-refractivity contribution in [3.63, 3.8) is 0 Å². The van der Waals surface area contributed by atoms with Gasteiger partial charge in [0.2, 0.25) is 0 Å². The molecule has 2 aliphatic rings. The Morgan fingerprint density at radius 2 is 1.91 bits per heavy atom. The summed E-state index contributed by atoms with van der Waals surface area (Å²) in [6, 6.07) is 1.74. The maximum atomic E-state index is 13.8. The van der Waals surface area contributed by atoms with Crippen molar-refractivity contribution in [2.24, 2.45) is 5.92 Å². The van der Waals surface area contributed by atoms with Crippen molar-refractivity contribution < 1.29 is 27.4 Å². The normalized spacial score (nSPS) is 24.0. The molecular formula is C16H18F3NO3.